The quantitative estimate of drug-likeness (QED) is 0.751. The Balaban J connectivity index is 1.89. The topological polar surface area (TPSA) is 58.7 Å². The first-order valence-corrected chi connectivity index (χ1v) is 7.92. The van der Waals surface area contributed by atoms with Crippen LogP contribution in [0.1, 0.15) is 39.2 Å². The number of ketones is 1. The van der Waals surface area contributed by atoms with Crippen molar-refractivity contribution >= 4 is 11.7 Å². The molecule has 0 aliphatic carbocycles. The number of carbonyl (C=O) groups is 2. The largest absolute Gasteiger partial charge is 0.361 e. The Morgan fingerprint density at radius 3 is 2.45 bits per heavy atom. The van der Waals surface area contributed by atoms with Gasteiger partial charge in [0.15, 0.2) is 5.78 Å². The summed E-state index contributed by atoms with van der Waals surface area (Å²) in [5.74, 6) is 0.257. The first kappa shape index (κ1) is 16.7. The second kappa shape index (κ2) is 7.05. The Bertz CT molecular complexity index is 520. The fourth-order valence-corrected chi connectivity index (χ4v) is 2.49. The molecule has 1 N–H and O–H groups in total. The Hall–Kier alpha value is -1.68. The molecule has 2 atom stereocenters. The molecule has 1 unspecified atom stereocenters. The standard InChI is InChI=1S/C18H25NO3/c1-13(2)11-15(17(21)18(3)12-22-18)19-16(20)10-9-14-7-5-4-6-8-14/h4-8,13,15H,9-12H2,1-3H3,(H,19,20)/t15-,18?/m0/s1. The van der Waals surface area contributed by atoms with Gasteiger partial charge in [0, 0.05) is 6.42 Å². The van der Waals surface area contributed by atoms with Crippen molar-refractivity contribution in [3.8, 4) is 0 Å². The molecule has 1 saturated heterocycles. The average Bonchev–Trinajstić information content (AvgIpc) is 3.23. The van der Waals surface area contributed by atoms with Crippen molar-refractivity contribution in [2.45, 2.75) is 51.7 Å². The molecule has 0 aromatic heterocycles. The van der Waals surface area contributed by atoms with Crippen molar-refractivity contribution in [1.29, 1.82) is 0 Å². The first-order chi connectivity index (χ1) is 10.4. The van der Waals surface area contributed by atoms with Crippen molar-refractivity contribution in [2.24, 2.45) is 5.92 Å². The Labute approximate surface area is 132 Å². The van der Waals surface area contributed by atoms with Crippen LogP contribution in [0.3, 0.4) is 0 Å². The fraction of sp³-hybridized carbons (Fsp3) is 0.556. The van der Waals surface area contributed by atoms with Crippen molar-refractivity contribution in [3.63, 3.8) is 0 Å². The fourth-order valence-electron chi connectivity index (χ4n) is 2.49. The third-order valence-corrected chi connectivity index (χ3v) is 3.94. The molecule has 1 fully saturated rings. The summed E-state index contributed by atoms with van der Waals surface area (Å²) in [4.78, 5) is 24.6. The summed E-state index contributed by atoms with van der Waals surface area (Å²) in [5, 5.41) is 2.90. The van der Waals surface area contributed by atoms with Crippen LogP contribution in [0.25, 0.3) is 0 Å². The molecule has 1 aliphatic heterocycles. The highest BCUT2D eigenvalue weighted by Crippen LogP contribution is 2.29. The highest BCUT2D eigenvalue weighted by molar-refractivity contribution is 5.96. The van der Waals surface area contributed by atoms with Gasteiger partial charge in [0.2, 0.25) is 5.91 Å². The number of hydrogen-bond donors (Lipinski definition) is 1. The number of aryl methyl sites for hydroxylation is 1. The van der Waals surface area contributed by atoms with E-state index in [0.29, 0.717) is 31.8 Å². The molecule has 120 valence electrons. The summed E-state index contributed by atoms with van der Waals surface area (Å²) in [7, 11) is 0. The predicted molar refractivity (Wildman–Crippen MR) is 85.5 cm³/mol. The monoisotopic (exact) mass is 303 g/mol. The number of epoxide rings is 1. The molecule has 0 radical (unpaired) electrons. The van der Waals surface area contributed by atoms with E-state index in [0.717, 1.165) is 5.56 Å². The smallest absolute Gasteiger partial charge is 0.220 e. The van der Waals surface area contributed by atoms with E-state index in [4.69, 9.17) is 4.74 Å². The summed E-state index contributed by atoms with van der Waals surface area (Å²) in [6.45, 7) is 6.35. The van der Waals surface area contributed by atoms with Crippen LogP contribution in [-0.4, -0.2) is 29.9 Å². The van der Waals surface area contributed by atoms with Crippen molar-refractivity contribution in [2.75, 3.05) is 6.61 Å². The minimum absolute atomic E-state index is 0.00531. The number of hydrogen-bond acceptors (Lipinski definition) is 3. The van der Waals surface area contributed by atoms with Crippen LogP contribution in [-0.2, 0) is 20.7 Å². The number of amides is 1. The van der Waals surface area contributed by atoms with Crippen LogP contribution in [0.5, 0.6) is 0 Å². The zero-order valence-corrected chi connectivity index (χ0v) is 13.6. The molecule has 1 aliphatic rings. The Morgan fingerprint density at radius 2 is 1.91 bits per heavy atom. The lowest BCUT2D eigenvalue weighted by atomic mass is 9.93. The van der Waals surface area contributed by atoms with E-state index in [1.165, 1.54) is 0 Å². The Morgan fingerprint density at radius 1 is 1.27 bits per heavy atom. The second-order valence-corrected chi connectivity index (χ2v) is 6.62. The van der Waals surface area contributed by atoms with Gasteiger partial charge in [0.05, 0.1) is 12.6 Å². The molecule has 1 heterocycles. The molecular weight excluding hydrogens is 278 g/mol. The lowest BCUT2D eigenvalue weighted by molar-refractivity contribution is -0.130. The maximum absolute atomic E-state index is 12.4. The van der Waals surface area contributed by atoms with Crippen LogP contribution in [0.15, 0.2) is 30.3 Å². The van der Waals surface area contributed by atoms with Gasteiger partial charge in [-0.3, -0.25) is 9.59 Å². The molecule has 4 heteroatoms. The maximum Gasteiger partial charge on any atom is 0.220 e. The molecule has 22 heavy (non-hydrogen) atoms. The number of rotatable bonds is 8. The Kier molecular flexibility index (Phi) is 5.35. The lowest BCUT2D eigenvalue weighted by Gasteiger charge is -2.21. The molecule has 1 aromatic rings. The van der Waals surface area contributed by atoms with Crippen molar-refractivity contribution in [1.82, 2.24) is 5.32 Å². The van der Waals surface area contributed by atoms with Gasteiger partial charge in [-0.05, 0) is 31.2 Å². The number of carbonyl (C=O) groups excluding carboxylic acids is 2. The van der Waals surface area contributed by atoms with E-state index >= 15 is 0 Å². The highest BCUT2D eigenvalue weighted by Gasteiger charge is 2.49. The SMILES string of the molecule is CC(C)C[C@H](NC(=O)CCc1ccccc1)C(=O)C1(C)CO1. The van der Waals surface area contributed by atoms with E-state index < -0.39 is 11.6 Å². The zero-order chi connectivity index (χ0) is 16.2. The van der Waals surface area contributed by atoms with Crippen LogP contribution in [0.4, 0.5) is 0 Å². The van der Waals surface area contributed by atoms with Gasteiger partial charge >= 0.3 is 0 Å². The maximum atomic E-state index is 12.4. The van der Waals surface area contributed by atoms with Gasteiger partial charge in [-0.1, -0.05) is 44.2 Å². The molecule has 0 spiro atoms. The van der Waals surface area contributed by atoms with E-state index in [2.05, 4.69) is 5.32 Å². The number of benzene rings is 1. The van der Waals surface area contributed by atoms with Gasteiger partial charge in [-0.15, -0.1) is 0 Å². The molecule has 1 amide bonds. The summed E-state index contributed by atoms with van der Waals surface area (Å²) in [6.07, 6.45) is 1.72. The number of Topliss-reactive ketones (excluding diaryl/α,β-unsaturated/α-hetero) is 1. The highest BCUT2D eigenvalue weighted by atomic mass is 16.6. The average molecular weight is 303 g/mol. The van der Waals surface area contributed by atoms with Gasteiger partial charge in [0.1, 0.15) is 5.60 Å². The second-order valence-electron chi connectivity index (χ2n) is 6.62. The van der Waals surface area contributed by atoms with Crippen LogP contribution in [0, 0.1) is 5.92 Å². The van der Waals surface area contributed by atoms with E-state index in [9.17, 15) is 9.59 Å². The molecule has 2 rings (SSSR count). The van der Waals surface area contributed by atoms with E-state index in [-0.39, 0.29) is 11.7 Å². The predicted octanol–water partition coefficient (Wildman–Crippen LogP) is 2.51. The lowest BCUT2D eigenvalue weighted by Crippen LogP contribution is -2.46. The summed E-state index contributed by atoms with van der Waals surface area (Å²) in [6, 6.07) is 9.44. The van der Waals surface area contributed by atoms with E-state index in [1.807, 2.05) is 44.2 Å². The molecule has 0 bridgehead atoms. The number of ether oxygens (including phenoxy) is 1. The third-order valence-electron chi connectivity index (χ3n) is 3.94. The summed E-state index contributed by atoms with van der Waals surface area (Å²) >= 11 is 0. The summed E-state index contributed by atoms with van der Waals surface area (Å²) < 4.78 is 5.23. The third kappa shape index (κ3) is 4.67. The molecule has 4 nitrogen and oxygen atoms in total. The zero-order valence-electron chi connectivity index (χ0n) is 13.6. The van der Waals surface area contributed by atoms with Crippen molar-refractivity contribution < 1.29 is 14.3 Å². The van der Waals surface area contributed by atoms with Crippen LogP contribution < -0.4 is 5.32 Å². The molecular formula is C18H25NO3. The minimum atomic E-state index is -0.688. The first-order valence-electron chi connectivity index (χ1n) is 7.92. The summed E-state index contributed by atoms with van der Waals surface area (Å²) in [5.41, 5.74) is 0.439. The molecule has 1 aromatic carbocycles. The van der Waals surface area contributed by atoms with Gasteiger partial charge in [-0.25, -0.2) is 0 Å². The van der Waals surface area contributed by atoms with Gasteiger partial charge in [0.25, 0.3) is 0 Å². The van der Waals surface area contributed by atoms with Crippen molar-refractivity contribution in [3.05, 3.63) is 35.9 Å². The van der Waals surface area contributed by atoms with E-state index in [1.54, 1.807) is 6.92 Å². The van der Waals surface area contributed by atoms with Crippen LogP contribution >= 0.6 is 0 Å². The van der Waals surface area contributed by atoms with Gasteiger partial charge < -0.3 is 10.1 Å². The van der Waals surface area contributed by atoms with Gasteiger partial charge in [-0.2, -0.15) is 0 Å². The molecule has 0 saturated carbocycles. The van der Waals surface area contributed by atoms with Crippen LogP contribution in [0.2, 0.25) is 0 Å². The minimum Gasteiger partial charge on any atom is -0.361 e. The normalized spacial score (nSPS) is 21.5. The number of nitrogens with one attached hydrogen (secondary N) is 1.